The van der Waals surface area contributed by atoms with Crippen LogP contribution in [0.4, 0.5) is 0 Å². The second-order valence-corrected chi connectivity index (χ2v) is 2.30. The summed E-state index contributed by atoms with van der Waals surface area (Å²) in [7, 11) is 0. The lowest BCUT2D eigenvalue weighted by molar-refractivity contribution is 0.0996. The largest absolute Gasteiger partial charge is 0.506 e. The van der Waals surface area contributed by atoms with Crippen molar-refractivity contribution < 1.29 is 9.90 Å². The quantitative estimate of drug-likeness (QED) is 0.649. The van der Waals surface area contributed by atoms with Crippen molar-refractivity contribution in [1.82, 2.24) is 4.98 Å². The van der Waals surface area contributed by atoms with Crippen LogP contribution in [0.3, 0.4) is 0 Å². The van der Waals surface area contributed by atoms with Crippen LogP contribution in [0.25, 0.3) is 0 Å². The van der Waals surface area contributed by atoms with Crippen LogP contribution in [0.5, 0.6) is 5.75 Å². The van der Waals surface area contributed by atoms with Crippen LogP contribution in [-0.4, -0.2) is 16.0 Å². The van der Waals surface area contributed by atoms with E-state index in [0.29, 0.717) is 0 Å². The van der Waals surface area contributed by atoms with Gasteiger partial charge in [-0.25, -0.2) is 4.98 Å². The molecule has 1 aromatic rings. The molecular formula is C6H5ClN2O2. The van der Waals surface area contributed by atoms with Gasteiger partial charge in [-0.2, -0.15) is 0 Å². The van der Waals surface area contributed by atoms with Crippen LogP contribution >= 0.6 is 11.6 Å². The fraction of sp³-hybridized carbons (Fsp3) is 0. The first kappa shape index (κ1) is 7.81. The van der Waals surface area contributed by atoms with Crippen LogP contribution in [-0.2, 0) is 0 Å². The number of carbonyl (C=O) groups is 1. The van der Waals surface area contributed by atoms with Crippen molar-refractivity contribution >= 4 is 17.5 Å². The molecule has 0 aliphatic rings. The van der Waals surface area contributed by atoms with Gasteiger partial charge in [-0.15, -0.1) is 0 Å². The Hall–Kier alpha value is -1.29. The molecule has 0 aromatic carbocycles. The van der Waals surface area contributed by atoms with Gasteiger partial charge >= 0.3 is 0 Å². The van der Waals surface area contributed by atoms with E-state index in [1.807, 2.05) is 0 Å². The van der Waals surface area contributed by atoms with Crippen molar-refractivity contribution in [2.24, 2.45) is 5.73 Å². The standard InChI is InChI=1S/C6H5ClN2O2/c7-4-1-3(10)2-9-5(4)6(8)11/h1-2,10H,(H2,8,11). The van der Waals surface area contributed by atoms with Crippen molar-refractivity contribution in [1.29, 1.82) is 0 Å². The number of aromatic hydroxyl groups is 1. The van der Waals surface area contributed by atoms with E-state index in [1.165, 1.54) is 6.07 Å². The molecule has 1 amide bonds. The van der Waals surface area contributed by atoms with Crippen molar-refractivity contribution in [3.8, 4) is 5.75 Å². The van der Waals surface area contributed by atoms with E-state index in [1.54, 1.807) is 0 Å². The number of halogens is 1. The van der Waals surface area contributed by atoms with Gasteiger partial charge in [-0.3, -0.25) is 4.79 Å². The Balaban J connectivity index is 3.20. The van der Waals surface area contributed by atoms with Crippen molar-refractivity contribution in [3.05, 3.63) is 23.0 Å². The average Bonchev–Trinajstić information content (AvgIpc) is 1.85. The lowest BCUT2D eigenvalue weighted by atomic mass is 10.3. The molecule has 0 aliphatic heterocycles. The molecule has 0 fully saturated rings. The molecule has 1 aromatic heterocycles. The van der Waals surface area contributed by atoms with Crippen molar-refractivity contribution in [3.63, 3.8) is 0 Å². The molecule has 3 N–H and O–H groups in total. The third-order valence-electron chi connectivity index (χ3n) is 1.06. The number of amides is 1. The Bertz CT molecular complexity index is 301. The van der Waals surface area contributed by atoms with Gasteiger partial charge in [0.1, 0.15) is 11.4 Å². The summed E-state index contributed by atoms with van der Waals surface area (Å²) in [5.41, 5.74) is 4.86. The Morgan fingerprint density at radius 2 is 2.36 bits per heavy atom. The van der Waals surface area contributed by atoms with E-state index in [4.69, 9.17) is 22.4 Å². The minimum absolute atomic E-state index is 0.0375. The van der Waals surface area contributed by atoms with Crippen LogP contribution in [0.15, 0.2) is 12.3 Å². The Morgan fingerprint density at radius 3 is 2.82 bits per heavy atom. The molecule has 0 bridgehead atoms. The zero-order valence-electron chi connectivity index (χ0n) is 5.41. The van der Waals surface area contributed by atoms with Gasteiger partial charge in [-0.05, 0) is 0 Å². The lowest BCUT2D eigenvalue weighted by Gasteiger charge is -1.97. The number of nitrogens with zero attached hydrogens (tertiary/aromatic N) is 1. The molecule has 0 radical (unpaired) electrons. The first-order valence-electron chi connectivity index (χ1n) is 2.75. The maximum absolute atomic E-state index is 10.5. The Morgan fingerprint density at radius 1 is 1.73 bits per heavy atom. The second-order valence-electron chi connectivity index (χ2n) is 1.89. The topological polar surface area (TPSA) is 76.2 Å². The average molecular weight is 173 g/mol. The fourth-order valence-corrected chi connectivity index (χ4v) is 0.863. The first-order valence-corrected chi connectivity index (χ1v) is 3.13. The molecule has 5 heteroatoms. The minimum atomic E-state index is -0.713. The predicted octanol–water partition coefficient (Wildman–Crippen LogP) is 0.539. The molecule has 4 nitrogen and oxygen atoms in total. The van der Waals surface area contributed by atoms with Crippen LogP contribution in [0.2, 0.25) is 5.02 Å². The van der Waals surface area contributed by atoms with Gasteiger partial charge in [0.15, 0.2) is 0 Å². The van der Waals surface area contributed by atoms with Gasteiger partial charge in [0, 0.05) is 6.07 Å². The molecule has 0 atom stereocenters. The highest BCUT2D eigenvalue weighted by molar-refractivity contribution is 6.33. The number of primary amides is 1. The normalized spacial score (nSPS) is 9.55. The van der Waals surface area contributed by atoms with E-state index < -0.39 is 5.91 Å². The van der Waals surface area contributed by atoms with Crippen molar-refractivity contribution in [2.75, 3.05) is 0 Å². The number of aromatic nitrogens is 1. The van der Waals surface area contributed by atoms with Crippen molar-refractivity contribution in [2.45, 2.75) is 0 Å². The molecule has 1 rings (SSSR count). The minimum Gasteiger partial charge on any atom is -0.506 e. The number of hydrogen-bond donors (Lipinski definition) is 2. The highest BCUT2D eigenvalue weighted by atomic mass is 35.5. The van der Waals surface area contributed by atoms with E-state index >= 15 is 0 Å². The van der Waals surface area contributed by atoms with Crippen LogP contribution in [0, 0.1) is 0 Å². The highest BCUT2D eigenvalue weighted by Crippen LogP contribution is 2.17. The summed E-state index contributed by atoms with van der Waals surface area (Å²) < 4.78 is 0. The molecule has 1 heterocycles. The molecule has 11 heavy (non-hydrogen) atoms. The van der Waals surface area contributed by atoms with Gasteiger partial charge in [0.25, 0.3) is 5.91 Å². The molecule has 0 saturated carbocycles. The predicted molar refractivity (Wildman–Crippen MR) is 39.4 cm³/mol. The maximum Gasteiger partial charge on any atom is 0.268 e. The second kappa shape index (κ2) is 2.75. The maximum atomic E-state index is 10.5. The van der Waals surface area contributed by atoms with Gasteiger partial charge in [0.2, 0.25) is 0 Å². The zero-order chi connectivity index (χ0) is 8.43. The van der Waals surface area contributed by atoms with Gasteiger partial charge in [0.05, 0.1) is 11.2 Å². The molecular weight excluding hydrogens is 168 g/mol. The number of rotatable bonds is 1. The molecule has 58 valence electrons. The summed E-state index contributed by atoms with van der Waals surface area (Å²) in [5, 5.41) is 8.87. The van der Waals surface area contributed by atoms with Gasteiger partial charge < -0.3 is 10.8 Å². The van der Waals surface area contributed by atoms with E-state index in [-0.39, 0.29) is 16.5 Å². The Kier molecular flexibility index (Phi) is 1.96. The molecule has 0 unspecified atom stereocenters. The third kappa shape index (κ3) is 1.59. The smallest absolute Gasteiger partial charge is 0.268 e. The molecule has 0 spiro atoms. The number of hydrogen-bond acceptors (Lipinski definition) is 3. The SMILES string of the molecule is NC(=O)c1ncc(O)cc1Cl. The number of nitrogens with two attached hydrogens (primary N) is 1. The monoisotopic (exact) mass is 172 g/mol. The van der Waals surface area contributed by atoms with E-state index in [2.05, 4.69) is 4.98 Å². The van der Waals surface area contributed by atoms with Gasteiger partial charge in [-0.1, -0.05) is 11.6 Å². The highest BCUT2D eigenvalue weighted by Gasteiger charge is 2.07. The third-order valence-corrected chi connectivity index (χ3v) is 1.35. The van der Waals surface area contributed by atoms with E-state index in [9.17, 15) is 4.79 Å². The summed E-state index contributed by atoms with van der Waals surface area (Å²) in [5.74, 6) is -0.810. The summed E-state index contributed by atoms with van der Waals surface area (Å²) in [6.45, 7) is 0. The lowest BCUT2D eigenvalue weighted by Crippen LogP contribution is -2.13. The number of pyridine rings is 1. The summed E-state index contributed by atoms with van der Waals surface area (Å²) in [6, 6.07) is 1.20. The number of carbonyl (C=O) groups excluding carboxylic acids is 1. The van der Waals surface area contributed by atoms with E-state index in [0.717, 1.165) is 6.20 Å². The van der Waals surface area contributed by atoms with Crippen LogP contribution in [0.1, 0.15) is 10.5 Å². The molecule has 0 aliphatic carbocycles. The molecule has 0 saturated heterocycles. The fourth-order valence-electron chi connectivity index (χ4n) is 0.609. The summed E-state index contributed by atoms with van der Waals surface area (Å²) in [4.78, 5) is 14.0. The first-order chi connectivity index (χ1) is 5.11. The zero-order valence-corrected chi connectivity index (χ0v) is 6.17. The Labute approximate surface area is 67.6 Å². The summed E-state index contributed by atoms with van der Waals surface area (Å²) >= 11 is 5.50. The summed E-state index contributed by atoms with van der Waals surface area (Å²) in [6.07, 6.45) is 1.10. The van der Waals surface area contributed by atoms with Crippen LogP contribution < -0.4 is 5.73 Å².